The Morgan fingerprint density at radius 2 is 2.00 bits per heavy atom. The average molecular weight is 352 g/mol. The topological polar surface area (TPSA) is 105 Å². The predicted molar refractivity (Wildman–Crippen MR) is 98.1 cm³/mol. The van der Waals surface area contributed by atoms with E-state index in [2.05, 4.69) is 25.7 Å². The first-order valence-corrected chi connectivity index (χ1v) is 8.15. The molecular formula is C18H20N6O2. The molecule has 0 saturated carbocycles. The molecule has 2 aromatic heterocycles. The molecule has 8 heteroatoms. The summed E-state index contributed by atoms with van der Waals surface area (Å²) in [4.78, 5) is 20.8. The van der Waals surface area contributed by atoms with Gasteiger partial charge >= 0.3 is 0 Å². The number of aliphatic hydroxyl groups excluding tert-OH is 1. The second-order valence-corrected chi connectivity index (χ2v) is 5.81. The number of amides is 1. The number of aryl methyl sites for hydroxylation is 2. The summed E-state index contributed by atoms with van der Waals surface area (Å²) in [6, 6.07) is 7.16. The minimum atomic E-state index is -0.219. The van der Waals surface area contributed by atoms with Gasteiger partial charge in [0.25, 0.3) is 5.91 Å². The SMILES string of the molecule is Cc1cnc(Nc2cnn(C)c2)nc1-c1ccc(C(=O)NCCO)cc1. The zero-order valence-corrected chi connectivity index (χ0v) is 14.6. The molecule has 1 aromatic carbocycles. The Hall–Kier alpha value is -3.26. The lowest BCUT2D eigenvalue weighted by Gasteiger charge is -2.09. The number of anilines is 2. The third kappa shape index (κ3) is 4.04. The van der Waals surface area contributed by atoms with E-state index in [4.69, 9.17) is 5.11 Å². The molecule has 3 N–H and O–H groups in total. The van der Waals surface area contributed by atoms with Crippen LogP contribution in [0.15, 0.2) is 42.9 Å². The molecule has 134 valence electrons. The van der Waals surface area contributed by atoms with Gasteiger partial charge in [-0.15, -0.1) is 0 Å². The summed E-state index contributed by atoms with van der Waals surface area (Å²) in [6.45, 7) is 2.08. The van der Waals surface area contributed by atoms with Gasteiger partial charge in [-0.1, -0.05) is 12.1 Å². The van der Waals surface area contributed by atoms with E-state index in [1.54, 1.807) is 29.2 Å². The van der Waals surface area contributed by atoms with E-state index in [9.17, 15) is 4.79 Å². The Bertz CT molecular complexity index is 904. The molecule has 0 atom stereocenters. The van der Waals surface area contributed by atoms with Gasteiger partial charge in [-0.25, -0.2) is 9.97 Å². The molecule has 0 aliphatic carbocycles. The molecule has 0 aliphatic rings. The highest BCUT2D eigenvalue weighted by Gasteiger charge is 2.10. The van der Waals surface area contributed by atoms with Crippen molar-refractivity contribution >= 4 is 17.5 Å². The van der Waals surface area contributed by atoms with Crippen LogP contribution in [0.2, 0.25) is 0 Å². The number of carbonyl (C=O) groups excluding carboxylic acids is 1. The number of nitrogens with zero attached hydrogens (tertiary/aromatic N) is 4. The van der Waals surface area contributed by atoms with Crippen molar-refractivity contribution in [2.24, 2.45) is 7.05 Å². The van der Waals surface area contributed by atoms with E-state index in [1.165, 1.54) is 0 Å². The van der Waals surface area contributed by atoms with Gasteiger partial charge in [0, 0.05) is 37.1 Å². The van der Waals surface area contributed by atoms with Crippen LogP contribution < -0.4 is 10.6 Å². The molecule has 0 unspecified atom stereocenters. The number of aliphatic hydroxyl groups is 1. The normalized spacial score (nSPS) is 10.6. The molecule has 0 saturated heterocycles. The molecule has 2 heterocycles. The Morgan fingerprint density at radius 3 is 2.65 bits per heavy atom. The Balaban J connectivity index is 1.81. The van der Waals surface area contributed by atoms with E-state index in [1.807, 2.05) is 32.3 Å². The largest absolute Gasteiger partial charge is 0.395 e. The first-order valence-electron chi connectivity index (χ1n) is 8.15. The van der Waals surface area contributed by atoms with E-state index in [0.29, 0.717) is 11.5 Å². The van der Waals surface area contributed by atoms with Gasteiger partial charge in [0.2, 0.25) is 5.95 Å². The fourth-order valence-electron chi connectivity index (χ4n) is 2.46. The Morgan fingerprint density at radius 1 is 1.23 bits per heavy atom. The third-order valence-corrected chi connectivity index (χ3v) is 3.75. The average Bonchev–Trinajstić information content (AvgIpc) is 3.06. The van der Waals surface area contributed by atoms with Gasteiger partial charge in [-0.2, -0.15) is 5.10 Å². The maximum absolute atomic E-state index is 11.9. The number of nitrogens with one attached hydrogen (secondary N) is 2. The molecule has 0 fully saturated rings. The first kappa shape index (κ1) is 17.6. The van der Waals surface area contributed by atoms with Gasteiger partial charge < -0.3 is 15.7 Å². The number of benzene rings is 1. The summed E-state index contributed by atoms with van der Waals surface area (Å²) >= 11 is 0. The maximum atomic E-state index is 11.9. The van der Waals surface area contributed by atoms with Crippen molar-refractivity contribution in [1.82, 2.24) is 25.1 Å². The number of hydrogen-bond acceptors (Lipinski definition) is 6. The van der Waals surface area contributed by atoms with Crippen LogP contribution in [-0.2, 0) is 7.05 Å². The third-order valence-electron chi connectivity index (χ3n) is 3.75. The standard InChI is InChI=1S/C18H20N6O2/c1-12-9-20-18(22-15-10-21-24(2)11-15)23-16(12)13-3-5-14(6-4-13)17(26)19-7-8-25/h3-6,9-11,25H,7-8H2,1-2H3,(H,19,26)(H,20,22,23). The zero-order valence-electron chi connectivity index (χ0n) is 14.6. The predicted octanol–water partition coefficient (Wildman–Crippen LogP) is 1.65. The molecule has 3 aromatic rings. The van der Waals surface area contributed by atoms with Crippen LogP contribution in [-0.4, -0.2) is 43.9 Å². The van der Waals surface area contributed by atoms with Crippen molar-refractivity contribution in [3.05, 3.63) is 54.0 Å². The first-order chi connectivity index (χ1) is 12.6. The highest BCUT2D eigenvalue weighted by molar-refractivity contribution is 5.94. The van der Waals surface area contributed by atoms with Gasteiger partial charge in [-0.05, 0) is 24.6 Å². The van der Waals surface area contributed by atoms with Crippen molar-refractivity contribution in [2.45, 2.75) is 6.92 Å². The second-order valence-electron chi connectivity index (χ2n) is 5.81. The number of hydrogen-bond donors (Lipinski definition) is 3. The van der Waals surface area contributed by atoms with Crippen LogP contribution in [0.5, 0.6) is 0 Å². The summed E-state index contributed by atoms with van der Waals surface area (Å²) in [5.41, 5.74) is 3.94. The number of aromatic nitrogens is 4. The van der Waals surface area contributed by atoms with Gasteiger partial charge in [0.05, 0.1) is 24.2 Å². The van der Waals surface area contributed by atoms with Gasteiger partial charge in [-0.3, -0.25) is 9.48 Å². The van der Waals surface area contributed by atoms with Crippen molar-refractivity contribution in [3.8, 4) is 11.3 Å². The quantitative estimate of drug-likeness (QED) is 0.623. The molecule has 8 nitrogen and oxygen atoms in total. The highest BCUT2D eigenvalue weighted by atomic mass is 16.3. The smallest absolute Gasteiger partial charge is 0.251 e. The summed E-state index contributed by atoms with van der Waals surface area (Å²) in [5.74, 6) is 0.257. The van der Waals surface area contributed by atoms with E-state index in [-0.39, 0.29) is 19.1 Å². The number of carbonyl (C=O) groups is 1. The van der Waals surface area contributed by atoms with Crippen LogP contribution in [0.3, 0.4) is 0 Å². The fourth-order valence-corrected chi connectivity index (χ4v) is 2.46. The van der Waals surface area contributed by atoms with E-state index >= 15 is 0 Å². The summed E-state index contributed by atoms with van der Waals surface area (Å²) in [5, 5.41) is 18.6. The highest BCUT2D eigenvalue weighted by Crippen LogP contribution is 2.23. The lowest BCUT2D eigenvalue weighted by molar-refractivity contribution is 0.0945. The molecule has 0 bridgehead atoms. The van der Waals surface area contributed by atoms with Crippen molar-refractivity contribution in [1.29, 1.82) is 0 Å². The Kier molecular flexibility index (Phi) is 5.23. The molecule has 26 heavy (non-hydrogen) atoms. The summed E-state index contributed by atoms with van der Waals surface area (Å²) in [7, 11) is 1.84. The van der Waals surface area contributed by atoms with Crippen molar-refractivity contribution in [2.75, 3.05) is 18.5 Å². The van der Waals surface area contributed by atoms with E-state index in [0.717, 1.165) is 22.5 Å². The van der Waals surface area contributed by atoms with E-state index < -0.39 is 0 Å². The Labute approximate surface area is 150 Å². The lowest BCUT2D eigenvalue weighted by atomic mass is 10.1. The minimum absolute atomic E-state index is 0.0866. The van der Waals surface area contributed by atoms with Crippen LogP contribution in [0.1, 0.15) is 15.9 Å². The number of rotatable bonds is 6. The minimum Gasteiger partial charge on any atom is -0.395 e. The van der Waals surface area contributed by atoms with Crippen LogP contribution in [0, 0.1) is 6.92 Å². The maximum Gasteiger partial charge on any atom is 0.251 e. The molecular weight excluding hydrogens is 332 g/mol. The summed E-state index contributed by atoms with van der Waals surface area (Å²) in [6.07, 6.45) is 5.29. The van der Waals surface area contributed by atoms with Crippen molar-refractivity contribution in [3.63, 3.8) is 0 Å². The molecule has 0 radical (unpaired) electrons. The monoisotopic (exact) mass is 352 g/mol. The molecule has 0 spiro atoms. The molecule has 0 aliphatic heterocycles. The summed E-state index contributed by atoms with van der Waals surface area (Å²) < 4.78 is 1.69. The van der Waals surface area contributed by atoms with Gasteiger partial charge in [0.1, 0.15) is 0 Å². The fraction of sp³-hybridized carbons (Fsp3) is 0.222. The molecule has 1 amide bonds. The van der Waals surface area contributed by atoms with Crippen LogP contribution in [0.4, 0.5) is 11.6 Å². The second kappa shape index (κ2) is 7.75. The van der Waals surface area contributed by atoms with Gasteiger partial charge in [0.15, 0.2) is 0 Å². The van der Waals surface area contributed by atoms with Crippen LogP contribution in [0.25, 0.3) is 11.3 Å². The lowest BCUT2D eigenvalue weighted by Crippen LogP contribution is -2.26. The zero-order chi connectivity index (χ0) is 18.5. The molecule has 3 rings (SSSR count). The van der Waals surface area contributed by atoms with Crippen LogP contribution >= 0.6 is 0 Å². The van der Waals surface area contributed by atoms with Crippen molar-refractivity contribution < 1.29 is 9.90 Å².